The molecule has 0 aliphatic carbocycles. The van der Waals surface area contributed by atoms with Crippen molar-refractivity contribution in [2.45, 2.75) is 25.7 Å². The minimum absolute atomic E-state index is 0.0741. The number of nitrogens with one attached hydrogen (secondary N) is 1. The van der Waals surface area contributed by atoms with Gasteiger partial charge in [-0.25, -0.2) is 9.59 Å². The number of carbonyl (C=O) groups excluding carboxylic acids is 3. The van der Waals surface area contributed by atoms with Crippen molar-refractivity contribution in [2.24, 2.45) is 5.10 Å². The Morgan fingerprint density at radius 2 is 1.74 bits per heavy atom. The topological polar surface area (TPSA) is 107 Å². The van der Waals surface area contributed by atoms with Crippen LogP contribution in [0, 0.1) is 0 Å². The standard InChI is InChI=1S/C27H23F2N3O6/c1-27(20-11-13-21(14-12-20)38-25(28)29)24(34)32(26(35)31-27)30-15-19-5-3-4-6-22(19)37-16-17-7-9-18(10-8-17)23(33)36-2/h3-15,25H,16H2,1-2H3,(H,31,35)/b30-15+. The van der Waals surface area contributed by atoms with Crippen molar-refractivity contribution in [3.8, 4) is 11.5 Å². The van der Waals surface area contributed by atoms with Crippen LogP contribution in [0.15, 0.2) is 77.9 Å². The molecule has 1 aliphatic rings. The van der Waals surface area contributed by atoms with Crippen LogP contribution >= 0.6 is 0 Å². The van der Waals surface area contributed by atoms with Crippen LogP contribution in [0.4, 0.5) is 13.6 Å². The highest BCUT2D eigenvalue weighted by atomic mass is 19.3. The molecule has 4 rings (SSSR count). The van der Waals surface area contributed by atoms with E-state index in [4.69, 9.17) is 4.74 Å². The summed E-state index contributed by atoms with van der Waals surface area (Å²) in [5, 5.41) is 7.37. The van der Waals surface area contributed by atoms with Crippen LogP contribution in [0.5, 0.6) is 11.5 Å². The number of para-hydroxylation sites is 1. The molecule has 0 bridgehead atoms. The van der Waals surface area contributed by atoms with E-state index in [1.165, 1.54) is 44.5 Å². The highest BCUT2D eigenvalue weighted by Crippen LogP contribution is 2.30. The summed E-state index contributed by atoms with van der Waals surface area (Å²) in [5.41, 5.74) is 0.656. The molecule has 3 aromatic carbocycles. The minimum Gasteiger partial charge on any atom is -0.488 e. The molecule has 0 aromatic heterocycles. The molecular formula is C27H23F2N3O6. The number of hydrogen-bond acceptors (Lipinski definition) is 7. The van der Waals surface area contributed by atoms with E-state index in [1.54, 1.807) is 48.5 Å². The Kier molecular flexibility index (Phi) is 7.66. The summed E-state index contributed by atoms with van der Waals surface area (Å²) < 4.78 is 39.8. The number of hydrazone groups is 1. The molecule has 38 heavy (non-hydrogen) atoms. The van der Waals surface area contributed by atoms with Crippen molar-refractivity contribution in [1.29, 1.82) is 0 Å². The maximum absolute atomic E-state index is 13.1. The lowest BCUT2D eigenvalue weighted by atomic mass is 9.92. The van der Waals surface area contributed by atoms with Crippen molar-refractivity contribution in [3.63, 3.8) is 0 Å². The van der Waals surface area contributed by atoms with Crippen LogP contribution < -0.4 is 14.8 Å². The molecule has 9 nitrogen and oxygen atoms in total. The van der Waals surface area contributed by atoms with E-state index in [-0.39, 0.29) is 12.4 Å². The van der Waals surface area contributed by atoms with Gasteiger partial charge in [0.05, 0.1) is 18.9 Å². The zero-order valence-corrected chi connectivity index (χ0v) is 20.4. The first-order chi connectivity index (χ1) is 18.2. The zero-order valence-electron chi connectivity index (χ0n) is 20.4. The molecule has 1 fully saturated rings. The fourth-order valence-corrected chi connectivity index (χ4v) is 3.75. The zero-order chi connectivity index (χ0) is 27.3. The summed E-state index contributed by atoms with van der Waals surface area (Å²) in [7, 11) is 1.31. The normalized spacial score (nSPS) is 17.1. The number of halogens is 2. The summed E-state index contributed by atoms with van der Waals surface area (Å²) >= 11 is 0. The van der Waals surface area contributed by atoms with Gasteiger partial charge in [0.2, 0.25) is 0 Å². The van der Waals surface area contributed by atoms with Crippen molar-refractivity contribution >= 4 is 24.1 Å². The predicted octanol–water partition coefficient (Wildman–Crippen LogP) is 4.45. The number of benzene rings is 3. The first kappa shape index (κ1) is 26.3. The number of hydrogen-bond donors (Lipinski definition) is 1. The van der Waals surface area contributed by atoms with Gasteiger partial charge in [-0.05, 0) is 54.4 Å². The van der Waals surface area contributed by atoms with Crippen LogP contribution in [-0.2, 0) is 21.7 Å². The van der Waals surface area contributed by atoms with Crippen molar-refractivity contribution in [1.82, 2.24) is 10.3 Å². The molecule has 11 heteroatoms. The average Bonchev–Trinajstić information content (AvgIpc) is 3.14. The van der Waals surface area contributed by atoms with Gasteiger partial charge in [-0.2, -0.15) is 13.9 Å². The van der Waals surface area contributed by atoms with Crippen LogP contribution in [0.1, 0.15) is 34.0 Å². The van der Waals surface area contributed by atoms with Crippen molar-refractivity contribution in [3.05, 3.63) is 95.1 Å². The smallest absolute Gasteiger partial charge is 0.387 e. The molecule has 1 N–H and O–H groups in total. The van der Waals surface area contributed by atoms with Gasteiger partial charge in [0.1, 0.15) is 23.6 Å². The lowest BCUT2D eigenvalue weighted by Gasteiger charge is -2.21. The number of imide groups is 1. The second-order valence-electron chi connectivity index (χ2n) is 8.33. The Bertz CT molecular complexity index is 1360. The van der Waals surface area contributed by atoms with Crippen molar-refractivity contribution < 1.29 is 37.4 Å². The molecule has 196 valence electrons. The first-order valence-electron chi connectivity index (χ1n) is 11.4. The molecule has 1 heterocycles. The van der Waals surface area contributed by atoms with Gasteiger partial charge < -0.3 is 19.5 Å². The number of urea groups is 1. The number of esters is 1. The summed E-state index contributed by atoms with van der Waals surface area (Å²) in [6.45, 7) is -1.29. The van der Waals surface area contributed by atoms with E-state index in [0.717, 1.165) is 5.56 Å². The summed E-state index contributed by atoms with van der Waals surface area (Å²) in [5.74, 6) is -0.702. The first-order valence-corrected chi connectivity index (χ1v) is 11.4. The number of alkyl halides is 2. The number of ether oxygens (including phenoxy) is 3. The number of rotatable bonds is 9. The Morgan fingerprint density at radius 1 is 1.05 bits per heavy atom. The molecule has 3 aromatic rings. The highest BCUT2D eigenvalue weighted by Gasteiger charge is 2.49. The third-order valence-corrected chi connectivity index (χ3v) is 5.83. The van der Waals surface area contributed by atoms with Gasteiger partial charge in [0.15, 0.2) is 0 Å². The van der Waals surface area contributed by atoms with Crippen LogP contribution in [-0.4, -0.2) is 42.9 Å². The maximum Gasteiger partial charge on any atom is 0.387 e. The molecule has 1 aliphatic heterocycles. The van der Waals surface area contributed by atoms with Gasteiger partial charge in [0, 0.05) is 5.56 Å². The van der Waals surface area contributed by atoms with E-state index < -0.39 is 30.1 Å². The van der Waals surface area contributed by atoms with E-state index in [2.05, 4.69) is 19.9 Å². The van der Waals surface area contributed by atoms with E-state index in [9.17, 15) is 23.2 Å². The van der Waals surface area contributed by atoms with Gasteiger partial charge in [-0.15, -0.1) is 5.01 Å². The monoisotopic (exact) mass is 523 g/mol. The highest BCUT2D eigenvalue weighted by molar-refractivity contribution is 6.07. The number of carbonyl (C=O) groups is 3. The van der Waals surface area contributed by atoms with E-state index in [0.29, 0.717) is 27.4 Å². The van der Waals surface area contributed by atoms with Gasteiger partial charge >= 0.3 is 18.6 Å². The largest absolute Gasteiger partial charge is 0.488 e. The molecule has 0 spiro atoms. The molecular weight excluding hydrogens is 500 g/mol. The number of nitrogens with zero attached hydrogens (tertiary/aromatic N) is 2. The fourth-order valence-electron chi connectivity index (χ4n) is 3.75. The molecule has 1 atom stereocenters. The summed E-state index contributed by atoms with van der Waals surface area (Å²) in [4.78, 5) is 37.3. The molecule has 1 saturated heterocycles. The van der Waals surface area contributed by atoms with Crippen LogP contribution in [0.2, 0.25) is 0 Å². The quantitative estimate of drug-likeness (QED) is 0.252. The minimum atomic E-state index is -2.98. The maximum atomic E-state index is 13.1. The fraction of sp³-hybridized carbons (Fsp3) is 0.185. The van der Waals surface area contributed by atoms with Crippen LogP contribution in [0.25, 0.3) is 0 Å². The van der Waals surface area contributed by atoms with E-state index >= 15 is 0 Å². The Labute approximate surface area is 216 Å². The lowest BCUT2D eigenvalue weighted by molar-refractivity contribution is -0.131. The van der Waals surface area contributed by atoms with Gasteiger partial charge in [-0.1, -0.05) is 36.4 Å². The second-order valence-corrected chi connectivity index (χ2v) is 8.33. The van der Waals surface area contributed by atoms with E-state index in [1.807, 2.05) is 0 Å². The number of methoxy groups -OCH3 is 1. The SMILES string of the molecule is COC(=O)c1ccc(COc2ccccc2/C=N/N2C(=O)NC(C)(c3ccc(OC(F)F)cc3)C2=O)cc1. The third kappa shape index (κ3) is 5.61. The molecule has 1 unspecified atom stereocenters. The molecule has 0 saturated carbocycles. The summed E-state index contributed by atoms with van der Waals surface area (Å²) in [6.07, 6.45) is 1.33. The predicted molar refractivity (Wildman–Crippen MR) is 132 cm³/mol. The van der Waals surface area contributed by atoms with Crippen LogP contribution in [0.3, 0.4) is 0 Å². The van der Waals surface area contributed by atoms with Gasteiger partial charge in [-0.3, -0.25) is 4.79 Å². The van der Waals surface area contributed by atoms with Crippen molar-refractivity contribution in [2.75, 3.05) is 7.11 Å². The Balaban J connectivity index is 1.46. The Hall–Kier alpha value is -4.80. The summed E-state index contributed by atoms with van der Waals surface area (Å²) in [6, 6.07) is 18.3. The Morgan fingerprint density at radius 3 is 2.39 bits per heavy atom. The number of amides is 3. The lowest BCUT2D eigenvalue weighted by Crippen LogP contribution is -2.40. The second kappa shape index (κ2) is 11.1. The van der Waals surface area contributed by atoms with Gasteiger partial charge in [0.25, 0.3) is 5.91 Å². The molecule has 0 radical (unpaired) electrons. The third-order valence-electron chi connectivity index (χ3n) is 5.83. The molecule has 3 amide bonds. The average molecular weight is 523 g/mol.